The molecule has 0 aliphatic rings. The molecule has 0 saturated heterocycles. The minimum absolute atomic E-state index is 0.0882. The molecule has 1 aromatic heterocycles. The molecule has 2 atom stereocenters. The first-order valence-corrected chi connectivity index (χ1v) is 4.96. The number of nitrogens with zero attached hydrogens (tertiary/aromatic N) is 1. The van der Waals surface area contributed by atoms with E-state index in [9.17, 15) is 10.2 Å². The molecule has 0 bridgehead atoms. The van der Waals surface area contributed by atoms with Crippen molar-refractivity contribution in [3.05, 3.63) is 17.3 Å². The number of aliphatic hydroxyl groups excluding tert-OH is 3. The summed E-state index contributed by atoms with van der Waals surface area (Å²) in [6, 6.07) is 0. The zero-order valence-electron chi connectivity index (χ0n) is 9.09. The van der Waals surface area contributed by atoms with Crippen molar-refractivity contribution in [2.75, 3.05) is 18.1 Å². The average molecular weight is 227 g/mol. The molecular formula is C10H17N3O3. The van der Waals surface area contributed by atoms with E-state index in [1.807, 2.05) is 0 Å². The Kier molecular flexibility index (Phi) is 4.05. The number of hydrogen-bond donors (Lipinski definition) is 5. The van der Waals surface area contributed by atoms with Crippen LogP contribution in [0.4, 0.5) is 11.5 Å². The molecule has 6 nitrogen and oxygen atoms in total. The molecule has 1 aromatic rings. The summed E-state index contributed by atoms with van der Waals surface area (Å²) in [4.78, 5) is 3.82. The second-order valence-corrected chi connectivity index (χ2v) is 3.66. The van der Waals surface area contributed by atoms with E-state index in [-0.39, 0.29) is 18.8 Å². The fraction of sp³-hybridized carbons (Fsp3) is 0.500. The maximum absolute atomic E-state index is 9.82. The number of hydrogen-bond acceptors (Lipinski definition) is 6. The number of pyridine rings is 1. The van der Waals surface area contributed by atoms with Gasteiger partial charge in [0.25, 0.3) is 0 Å². The third kappa shape index (κ3) is 2.41. The summed E-state index contributed by atoms with van der Waals surface area (Å²) < 4.78 is 0. The minimum atomic E-state index is -1.12. The number of nitrogens with two attached hydrogens (primary N) is 2. The average Bonchev–Trinajstić information content (AvgIpc) is 2.26. The van der Waals surface area contributed by atoms with E-state index in [0.717, 1.165) is 0 Å². The van der Waals surface area contributed by atoms with Gasteiger partial charge in [-0.2, -0.15) is 0 Å². The maximum atomic E-state index is 9.82. The molecule has 0 saturated carbocycles. The zero-order chi connectivity index (χ0) is 12.3. The van der Waals surface area contributed by atoms with Crippen molar-refractivity contribution in [3.8, 4) is 0 Å². The van der Waals surface area contributed by atoms with Crippen LogP contribution in [0, 0.1) is 6.92 Å². The first kappa shape index (κ1) is 12.7. The second kappa shape index (κ2) is 5.11. The molecule has 90 valence electrons. The minimum Gasteiger partial charge on any atom is -0.396 e. The predicted octanol–water partition coefficient (Wildman–Crippen LogP) is -0.669. The van der Waals surface area contributed by atoms with E-state index in [1.54, 1.807) is 6.92 Å². The highest BCUT2D eigenvalue weighted by molar-refractivity contribution is 5.64. The number of rotatable bonds is 4. The second-order valence-electron chi connectivity index (χ2n) is 3.66. The van der Waals surface area contributed by atoms with Crippen molar-refractivity contribution in [1.82, 2.24) is 4.98 Å². The molecule has 16 heavy (non-hydrogen) atoms. The van der Waals surface area contributed by atoms with Crippen molar-refractivity contribution < 1.29 is 15.3 Å². The molecule has 7 N–H and O–H groups in total. The molecule has 0 spiro atoms. The zero-order valence-corrected chi connectivity index (χ0v) is 9.09. The molecule has 2 unspecified atom stereocenters. The Hall–Kier alpha value is -1.37. The van der Waals surface area contributed by atoms with Gasteiger partial charge in [-0.1, -0.05) is 0 Å². The standard InChI is InChI=1S/C10H17N3O3/c1-5-6(4-13-10(12)8(5)11)9(16)7(15)2-3-14/h4,7,9,14-16H,2-3,11H2,1H3,(H2,12,13). The lowest BCUT2D eigenvalue weighted by Gasteiger charge is -2.20. The highest BCUT2D eigenvalue weighted by atomic mass is 16.3. The summed E-state index contributed by atoms with van der Waals surface area (Å²) in [5, 5.41) is 28.0. The van der Waals surface area contributed by atoms with Gasteiger partial charge in [0.05, 0.1) is 11.8 Å². The predicted molar refractivity (Wildman–Crippen MR) is 60.5 cm³/mol. The lowest BCUT2D eigenvalue weighted by molar-refractivity contribution is 0.00375. The molecule has 0 aliphatic carbocycles. The fourth-order valence-corrected chi connectivity index (χ4v) is 1.45. The summed E-state index contributed by atoms with van der Waals surface area (Å²) in [7, 11) is 0. The molecule has 0 fully saturated rings. The molecule has 1 heterocycles. The van der Waals surface area contributed by atoms with Gasteiger partial charge in [-0.25, -0.2) is 4.98 Å². The number of nitrogen functional groups attached to an aromatic ring is 2. The van der Waals surface area contributed by atoms with Crippen LogP contribution in [0.2, 0.25) is 0 Å². The first-order valence-electron chi connectivity index (χ1n) is 4.96. The summed E-state index contributed by atoms with van der Waals surface area (Å²) in [6.07, 6.45) is -0.701. The van der Waals surface area contributed by atoms with E-state index in [2.05, 4.69) is 4.98 Å². The summed E-state index contributed by atoms with van der Waals surface area (Å²) in [5.41, 5.74) is 12.5. The Balaban J connectivity index is 3.00. The van der Waals surface area contributed by atoms with Crippen LogP contribution in [0.1, 0.15) is 23.7 Å². The van der Waals surface area contributed by atoms with Gasteiger partial charge in [-0.05, 0) is 18.9 Å². The van der Waals surface area contributed by atoms with Crippen molar-refractivity contribution in [2.24, 2.45) is 0 Å². The van der Waals surface area contributed by atoms with Gasteiger partial charge in [0, 0.05) is 18.4 Å². The third-order valence-electron chi connectivity index (χ3n) is 2.56. The topological polar surface area (TPSA) is 126 Å². The Morgan fingerprint density at radius 2 is 2.00 bits per heavy atom. The Labute approximate surface area is 93.5 Å². The van der Waals surface area contributed by atoms with Crippen molar-refractivity contribution in [3.63, 3.8) is 0 Å². The van der Waals surface area contributed by atoms with E-state index < -0.39 is 12.2 Å². The van der Waals surface area contributed by atoms with Gasteiger partial charge >= 0.3 is 0 Å². The highest BCUT2D eigenvalue weighted by Gasteiger charge is 2.21. The van der Waals surface area contributed by atoms with Crippen molar-refractivity contribution >= 4 is 11.5 Å². The third-order valence-corrected chi connectivity index (χ3v) is 2.56. The summed E-state index contributed by atoms with van der Waals surface area (Å²) in [6.45, 7) is 1.49. The van der Waals surface area contributed by atoms with Gasteiger partial charge < -0.3 is 26.8 Å². The van der Waals surface area contributed by atoms with Crippen LogP contribution in [0.25, 0.3) is 0 Å². The van der Waals surface area contributed by atoms with Crippen LogP contribution in [-0.4, -0.2) is 33.0 Å². The normalized spacial score (nSPS) is 14.8. The SMILES string of the molecule is Cc1c(C(O)C(O)CCO)cnc(N)c1N. The fourth-order valence-electron chi connectivity index (χ4n) is 1.45. The number of aromatic nitrogens is 1. The quantitative estimate of drug-likeness (QED) is 0.464. The van der Waals surface area contributed by atoms with E-state index >= 15 is 0 Å². The van der Waals surface area contributed by atoms with Crippen molar-refractivity contribution in [1.29, 1.82) is 0 Å². The van der Waals surface area contributed by atoms with Gasteiger partial charge in [0.2, 0.25) is 0 Å². The molecular weight excluding hydrogens is 210 g/mol. The summed E-state index contributed by atoms with van der Waals surface area (Å²) >= 11 is 0. The number of aliphatic hydroxyl groups is 3. The lowest BCUT2D eigenvalue weighted by Crippen LogP contribution is -2.21. The van der Waals surface area contributed by atoms with Gasteiger partial charge in [-0.15, -0.1) is 0 Å². The largest absolute Gasteiger partial charge is 0.396 e. The molecule has 0 amide bonds. The van der Waals surface area contributed by atoms with Crippen LogP contribution < -0.4 is 11.5 Å². The van der Waals surface area contributed by atoms with Crippen LogP contribution in [0.3, 0.4) is 0 Å². The Bertz CT molecular complexity index is 371. The van der Waals surface area contributed by atoms with E-state index in [1.165, 1.54) is 6.20 Å². The molecule has 0 aromatic carbocycles. The van der Waals surface area contributed by atoms with E-state index in [4.69, 9.17) is 16.6 Å². The maximum Gasteiger partial charge on any atom is 0.146 e. The Morgan fingerprint density at radius 3 is 2.56 bits per heavy atom. The summed E-state index contributed by atoms with van der Waals surface area (Å²) in [5.74, 6) is 0.199. The molecule has 6 heteroatoms. The lowest BCUT2D eigenvalue weighted by atomic mass is 9.99. The van der Waals surface area contributed by atoms with Crippen LogP contribution in [0.15, 0.2) is 6.20 Å². The molecule has 0 aliphatic heterocycles. The monoisotopic (exact) mass is 227 g/mol. The molecule has 1 rings (SSSR count). The first-order chi connectivity index (χ1) is 7.49. The highest BCUT2D eigenvalue weighted by Crippen LogP contribution is 2.27. The van der Waals surface area contributed by atoms with E-state index in [0.29, 0.717) is 16.8 Å². The van der Waals surface area contributed by atoms with Crippen LogP contribution in [-0.2, 0) is 0 Å². The van der Waals surface area contributed by atoms with Crippen molar-refractivity contribution in [2.45, 2.75) is 25.6 Å². The van der Waals surface area contributed by atoms with Gasteiger partial charge in [0.1, 0.15) is 11.9 Å². The van der Waals surface area contributed by atoms with Crippen LogP contribution >= 0.6 is 0 Å². The van der Waals surface area contributed by atoms with Gasteiger partial charge in [0.15, 0.2) is 0 Å². The number of anilines is 2. The molecule has 0 radical (unpaired) electrons. The Morgan fingerprint density at radius 1 is 1.38 bits per heavy atom. The van der Waals surface area contributed by atoms with Crippen LogP contribution in [0.5, 0.6) is 0 Å². The van der Waals surface area contributed by atoms with Gasteiger partial charge in [-0.3, -0.25) is 0 Å². The smallest absolute Gasteiger partial charge is 0.146 e.